The van der Waals surface area contributed by atoms with Gasteiger partial charge in [0.2, 0.25) is 0 Å². The van der Waals surface area contributed by atoms with Crippen LogP contribution in [0.3, 0.4) is 0 Å². The molecule has 1 aromatic rings. The summed E-state index contributed by atoms with van der Waals surface area (Å²) in [5.74, 6) is -0.714. The number of carbonyl (C=O) groups excluding carboxylic acids is 1. The number of methoxy groups -OCH3 is 1. The molecule has 1 heterocycles. The van der Waals surface area contributed by atoms with Crippen LogP contribution in [0.2, 0.25) is 0 Å². The van der Waals surface area contributed by atoms with Gasteiger partial charge in [0, 0.05) is 0 Å². The van der Waals surface area contributed by atoms with Crippen molar-refractivity contribution in [2.45, 2.75) is 6.92 Å². The molecule has 0 radical (unpaired) electrons. The minimum Gasteiger partial charge on any atom is -0.505 e. The van der Waals surface area contributed by atoms with Gasteiger partial charge in [-0.15, -0.1) is 0 Å². The van der Waals surface area contributed by atoms with Crippen molar-refractivity contribution < 1.29 is 14.6 Å². The number of aliphatic imine (C=N–C) groups is 1. The fraction of sp³-hybridized carbons (Fsp3) is 0.143. The fourth-order valence-corrected chi connectivity index (χ4v) is 1.74. The van der Waals surface area contributed by atoms with E-state index in [2.05, 4.69) is 9.73 Å². The highest BCUT2D eigenvalue weighted by molar-refractivity contribution is 6.21. The van der Waals surface area contributed by atoms with Crippen molar-refractivity contribution in [2.24, 2.45) is 4.99 Å². The average Bonchev–Trinajstić information content (AvgIpc) is 2.65. The van der Waals surface area contributed by atoms with Crippen LogP contribution in [-0.2, 0) is 9.53 Å². The largest absolute Gasteiger partial charge is 0.505 e. The van der Waals surface area contributed by atoms with Crippen LogP contribution in [0.25, 0.3) is 6.08 Å². The molecule has 0 atom stereocenters. The van der Waals surface area contributed by atoms with Crippen LogP contribution in [0, 0.1) is 0 Å². The molecule has 0 bridgehead atoms. The number of hydrogen-bond acceptors (Lipinski definition) is 4. The van der Waals surface area contributed by atoms with Crippen molar-refractivity contribution in [1.82, 2.24) is 0 Å². The molecule has 4 heteroatoms. The molecule has 0 saturated carbocycles. The molecule has 1 aromatic carbocycles. The van der Waals surface area contributed by atoms with E-state index in [9.17, 15) is 9.90 Å². The van der Waals surface area contributed by atoms with E-state index >= 15 is 0 Å². The monoisotopic (exact) mass is 243 g/mol. The number of carbonyl (C=O) groups is 1. The average molecular weight is 243 g/mol. The Morgan fingerprint density at radius 1 is 1.33 bits per heavy atom. The number of aliphatic hydroxyl groups excluding tert-OH is 1. The summed E-state index contributed by atoms with van der Waals surface area (Å²) in [7, 11) is 1.27. The summed E-state index contributed by atoms with van der Waals surface area (Å²) < 4.78 is 4.61. The molecule has 1 N–H and O–H groups in total. The van der Waals surface area contributed by atoms with Gasteiger partial charge in [0.1, 0.15) is 11.3 Å². The van der Waals surface area contributed by atoms with Gasteiger partial charge in [0.15, 0.2) is 5.76 Å². The molecule has 0 saturated heterocycles. The van der Waals surface area contributed by atoms with Crippen molar-refractivity contribution in [3.05, 3.63) is 52.9 Å². The van der Waals surface area contributed by atoms with Gasteiger partial charge in [-0.05, 0) is 18.6 Å². The first-order valence-electron chi connectivity index (χ1n) is 5.48. The van der Waals surface area contributed by atoms with Gasteiger partial charge in [0.05, 0.1) is 12.8 Å². The standard InChI is InChI=1S/C14H13NO3/c1-9-12(14(17)18-2)13(16)11(15-9)8-10-6-4-3-5-7-10/h3-8,16H,1-2H3. The summed E-state index contributed by atoms with van der Waals surface area (Å²) in [5, 5.41) is 9.98. The third kappa shape index (κ3) is 2.18. The van der Waals surface area contributed by atoms with E-state index in [4.69, 9.17) is 0 Å². The lowest BCUT2D eigenvalue weighted by atomic mass is 10.1. The Kier molecular flexibility index (Phi) is 3.28. The van der Waals surface area contributed by atoms with Crippen molar-refractivity contribution in [3.8, 4) is 0 Å². The Labute approximate surface area is 105 Å². The maximum atomic E-state index is 11.5. The number of esters is 1. The van der Waals surface area contributed by atoms with Crippen LogP contribution in [-0.4, -0.2) is 23.9 Å². The molecule has 0 spiro atoms. The quantitative estimate of drug-likeness (QED) is 0.812. The number of rotatable bonds is 2. The van der Waals surface area contributed by atoms with E-state index in [1.54, 1.807) is 13.0 Å². The molecule has 0 amide bonds. The Bertz CT molecular complexity index is 568. The van der Waals surface area contributed by atoms with Crippen LogP contribution in [0.5, 0.6) is 0 Å². The van der Waals surface area contributed by atoms with E-state index in [0.717, 1.165) is 5.56 Å². The molecule has 0 aromatic heterocycles. The Morgan fingerprint density at radius 3 is 2.61 bits per heavy atom. The SMILES string of the molecule is COC(=O)C1=C(O)C(=Cc2ccccc2)N=C1C. The predicted molar refractivity (Wildman–Crippen MR) is 69.2 cm³/mol. The lowest BCUT2D eigenvalue weighted by Gasteiger charge is -2.00. The summed E-state index contributed by atoms with van der Waals surface area (Å²) in [6, 6.07) is 9.46. The lowest BCUT2D eigenvalue weighted by molar-refractivity contribution is -0.135. The van der Waals surface area contributed by atoms with Crippen molar-refractivity contribution >= 4 is 17.8 Å². The topological polar surface area (TPSA) is 58.9 Å². The highest BCUT2D eigenvalue weighted by Gasteiger charge is 2.26. The predicted octanol–water partition coefficient (Wildman–Crippen LogP) is 2.49. The van der Waals surface area contributed by atoms with E-state index in [0.29, 0.717) is 11.4 Å². The number of ether oxygens (including phenoxy) is 1. The minimum absolute atomic E-state index is 0.125. The van der Waals surface area contributed by atoms with Gasteiger partial charge in [0.25, 0.3) is 0 Å². The highest BCUT2D eigenvalue weighted by atomic mass is 16.5. The zero-order chi connectivity index (χ0) is 13.1. The smallest absolute Gasteiger partial charge is 0.343 e. The van der Waals surface area contributed by atoms with Crippen LogP contribution in [0.1, 0.15) is 12.5 Å². The second-order valence-electron chi connectivity index (χ2n) is 3.85. The highest BCUT2D eigenvalue weighted by Crippen LogP contribution is 2.26. The summed E-state index contributed by atoms with van der Waals surface area (Å²) >= 11 is 0. The van der Waals surface area contributed by atoms with Gasteiger partial charge in [-0.25, -0.2) is 9.79 Å². The Hall–Kier alpha value is -2.36. The molecule has 2 rings (SSSR count). The van der Waals surface area contributed by atoms with Gasteiger partial charge < -0.3 is 9.84 Å². The van der Waals surface area contributed by atoms with Crippen molar-refractivity contribution in [2.75, 3.05) is 7.11 Å². The molecular formula is C14H13NO3. The van der Waals surface area contributed by atoms with E-state index in [-0.39, 0.29) is 11.3 Å². The zero-order valence-corrected chi connectivity index (χ0v) is 10.2. The number of benzene rings is 1. The first kappa shape index (κ1) is 12.1. The molecule has 0 aliphatic carbocycles. The molecule has 18 heavy (non-hydrogen) atoms. The summed E-state index contributed by atoms with van der Waals surface area (Å²) in [4.78, 5) is 15.7. The van der Waals surface area contributed by atoms with Crippen molar-refractivity contribution in [1.29, 1.82) is 0 Å². The third-order valence-corrected chi connectivity index (χ3v) is 2.62. The normalized spacial score (nSPS) is 17.0. The van der Waals surface area contributed by atoms with Crippen LogP contribution in [0.4, 0.5) is 0 Å². The lowest BCUT2D eigenvalue weighted by Crippen LogP contribution is -2.11. The number of aliphatic hydroxyl groups is 1. The zero-order valence-electron chi connectivity index (χ0n) is 10.2. The Morgan fingerprint density at radius 2 is 2.00 bits per heavy atom. The van der Waals surface area contributed by atoms with Gasteiger partial charge in [-0.3, -0.25) is 0 Å². The Balaban J connectivity index is 2.42. The molecule has 92 valence electrons. The summed E-state index contributed by atoms with van der Waals surface area (Å²) in [5.41, 5.74) is 1.86. The molecule has 4 nitrogen and oxygen atoms in total. The van der Waals surface area contributed by atoms with Gasteiger partial charge >= 0.3 is 5.97 Å². The maximum absolute atomic E-state index is 11.5. The molecule has 1 aliphatic heterocycles. The van der Waals surface area contributed by atoms with Gasteiger partial charge in [-0.1, -0.05) is 30.3 Å². The van der Waals surface area contributed by atoms with Crippen LogP contribution >= 0.6 is 0 Å². The van der Waals surface area contributed by atoms with Crippen molar-refractivity contribution in [3.63, 3.8) is 0 Å². The van der Waals surface area contributed by atoms with E-state index < -0.39 is 5.97 Å². The molecule has 1 aliphatic rings. The van der Waals surface area contributed by atoms with E-state index in [1.807, 2.05) is 30.3 Å². The third-order valence-electron chi connectivity index (χ3n) is 2.62. The second-order valence-corrected chi connectivity index (χ2v) is 3.85. The van der Waals surface area contributed by atoms with E-state index in [1.165, 1.54) is 7.11 Å². The van der Waals surface area contributed by atoms with Gasteiger partial charge in [-0.2, -0.15) is 0 Å². The summed E-state index contributed by atoms with van der Waals surface area (Å²) in [6.07, 6.45) is 1.72. The fourth-order valence-electron chi connectivity index (χ4n) is 1.74. The summed E-state index contributed by atoms with van der Waals surface area (Å²) in [6.45, 7) is 1.66. The molecule has 0 unspecified atom stereocenters. The number of nitrogens with zero attached hydrogens (tertiary/aromatic N) is 1. The maximum Gasteiger partial charge on any atom is 0.343 e. The number of hydrogen-bond donors (Lipinski definition) is 1. The first-order valence-corrected chi connectivity index (χ1v) is 5.48. The molecule has 0 fully saturated rings. The molecular weight excluding hydrogens is 230 g/mol. The first-order chi connectivity index (χ1) is 8.63. The second kappa shape index (κ2) is 4.87. The minimum atomic E-state index is -0.579. The van der Waals surface area contributed by atoms with Crippen LogP contribution in [0.15, 0.2) is 52.4 Å². The van der Waals surface area contributed by atoms with Crippen LogP contribution < -0.4 is 0 Å².